The number of carboxylic acids is 1. The molecule has 0 amide bonds. The Balaban J connectivity index is 2.11. The summed E-state index contributed by atoms with van der Waals surface area (Å²) in [4.78, 5) is 13.3. The SMILES string of the molecule is COC(C)(C)CCN1CC(CC(=O)O)c2ccccc21. The predicted molar refractivity (Wildman–Crippen MR) is 79.4 cm³/mol. The van der Waals surface area contributed by atoms with Crippen LogP contribution in [-0.2, 0) is 9.53 Å². The van der Waals surface area contributed by atoms with Crippen molar-refractivity contribution in [1.29, 1.82) is 0 Å². The van der Waals surface area contributed by atoms with Crippen LogP contribution in [0.3, 0.4) is 0 Å². The van der Waals surface area contributed by atoms with Crippen LogP contribution in [0.5, 0.6) is 0 Å². The first-order valence-corrected chi connectivity index (χ1v) is 7.04. The third kappa shape index (κ3) is 3.31. The summed E-state index contributed by atoms with van der Waals surface area (Å²) in [5.74, 6) is -0.641. The normalized spacial score (nSPS) is 18.1. The maximum atomic E-state index is 11.0. The number of para-hydroxylation sites is 1. The Labute approximate surface area is 120 Å². The molecule has 2 rings (SSSR count). The number of ether oxygens (including phenoxy) is 1. The highest BCUT2D eigenvalue weighted by atomic mass is 16.5. The van der Waals surface area contributed by atoms with Crippen molar-refractivity contribution >= 4 is 11.7 Å². The largest absolute Gasteiger partial charge is 0.481 e. The van der Waals surface area contributed by atoms with Gasteiger partial charge in [-0.25, -0.2) is 0 Å². The van der Waals surface area contributed by atoms with Gasteiger partial charge in [-0.3, -0.25) is 4.79 Å². The van der Waals surface area contributed by atoms with Gasteiger partial charge < -0.3 is 14.7 Å². The van der Waals surface area contributed by atoms with Crippen LogP contribution < -0.4 is 4.90 Å². The molecule has 0 aliphatic carbocycles. The van der Waals surface area contributed by atoms with E-state index in [9.17, 15) is 4.79 Å². The lowest BCUT2D eigenvalue weighted by molar-refractivity contribution is -0.137. The average Bonchev–Trinajstić information content (AvgIpc) is 2.75. The Bertz CT molecular complexity index is 484. The minimum absolute atomic E-state index is 0.0920. The van der Waals surface area contributed by atoms with Crippen LogP contribution in [0.2, 0.25) is 0 Å². The molecule has 20 heavy (non-hydrogen) atoms. The Morgan fingerprint density at radius 3 is 2.80 bits per heavy atom. The van der Waals surface area contributed by atoms with E-state index in [1.165, 1.54) is 5.69 Å². The molecule has 0 saturated carbocycles. The number of benzene rings is 1. The van der Waals surface area contributed by atoms with Crippen molar-refractivity contribution in [3.63, 3.8) is 0 Å². The highest BCUT2D eigenvalue weighted by molar-refractivity contribution is 5.71. The van der Waals surface area contributed by atoms with Crippen LogP contribution in [0.1, 0.15) is 38.2 Å². The monoisotopic (exact) mass is 277 g/mol. The molecule has 1 heterocycles. The van der Waals surface area contributed by atoms with Crippen LogP contribution in [0.4, 0.5) is 5.69 Å². The van der Waals surface area contributed by atoms with E-state index in [4.69, 9.17) is 9.84 Å². The van der Waals surface area contributed by atoms with Gasteiger partial charge in [0.25, 0.3) is 0 Å². The van der Waals surface area contributed by atoms with Gasteiger partial charge in [0.1, 0.15) is 0 Å². The van der Waals surface area contributed by atoms with Crippen molar-refractivity contribution in [1.82, 2.24) is 0 Å². The number of carboxylic acid groups (broad SMARTS) is 1. The Kier molecular flexibility index (Phi) is 4.33. The zero-order valence-electron chi connectivity index (χ0n) is 12.4. The average molecular weight is 277 g/mol. The second-order valence-electron chi connectivity index (χ2n) is 6.01. The smallest absolute Gasteiger partial charge is 0.304 e. The molecule has 0 spiro atoms. The number of hydrogen-bond acceptors (Lipinski definition) is 3. The van der Waals surface area contributed by atoms with E-state index in [1.54, 1.807) is 7.11 Å². The van der Waals surface area contributed by atoms with Crippen LogP contribution in [0.25, 0.3) is 0 Å². The summed E-state index contributed by atoms with van der Waals surface area (Å²) in [6, 6.07) is 8.12. The third-order valence-corrected chi connectivity index (χ3v) is 4.12. The van der Waals surface area contributed by atoms with Crippen LogP contribution >= 0.6 is 0 Å². The third-order valence-electron chi connectivity index (χ3n) is 4.12. The number of nitrogens with zero attached hydrogens (tertiary/aromatic N) is 1. The summed E-state index contributed by atoms with van der Waals surface area (Å²) in [5, 5.41) is 9.04. The van der Waals surface area contributed by atoms with E-state index in [-0.39, 0.29) is 17.9 Å². The maximum Gasteiger partial charge on any atom is 0.304 e. The molecule has 110 valence electrons. The molecule has 1 atom stereocenters. The van der Waals surface area contributed by atoms with Crippen molar-refractivity contribution in [2.75, 3.05) is 25.1 Å². The fraction of sp³-hybridized carbons (Fsp3) is 0.562. The van der Waals surface area contributed by atoms with Gasteiger partial charge in [0.05, 0.1) is 12.0 Å². The Hall–Kier alpha value is -1.55. The van der Waals surface area contributed by atoms with Gasteiger partial charge in [-0.1, -0.05) is 18.2 Å². The zero-order chi connectivity index (χ0) is 14.8. The second kappa shape index (κ2) is 5.83. The summed E-state index contributed by atoms with van der Waals surface area (Å²) in [6.07, 6.45) is 1.11. The van der Waals surface area contributed by atoms with E-state index < -0.39 is 5.97 Å². The number of rotatable bonds is 6. The minimum atomic E-state index is -0.733. The second-order valence-corrected chi connectivity index (χ2v) is 6.01. The topological polar surface area (TPSA) is 49.8 Å². The fourth-order valence-electron chi connectivity index (χ4n) is 2.69. The van der Waals surface area contributed by atoms with Crippen molar-refractivity contribution in [2.24, 2.45) is 0 Å². The molecule has 1 N–H and O–H groups in total. The molecule has 1 aliphatic heterocycles. The van der Waals surface area contributed by atoms with Crippen LogP contribution in [0, 0.1) is 0 Å². The molecular weight excluding hydrogens is 254 g/mol. The molecule has 4 heteroatoms. The fourth-order valence-corrected chi connectivity index (χ4v) is 2.69. The quantitative estimate of drug-likeness (QED) is 0.868. The maximum absolute atomic E-state index is 11.0. The lowest BCUT2D eigenvalue weighted by Gasteiger charge is -2.27. The van der Waals surface area contributed by atoms with Gasteiger partial charge in [-0.15, -0.1) is 0 Å². The molecule has 1 unspecified atom stereocenters. The molecule has 0 aromatic heterocycles. The number of aliphatic carboxylic acids is 1. The first-order chi connectivity index (χ1) is 9.43. The summed E-state index contributed by atoms with van der Waals surface area (Å²) < 4.78 is 5.46. The number of methoxy groups -OCH3 is 1. The van der Waals surface area contributed by atoms with Gasteiger partial charge in [-0.05, 0) is 31.9 Å². The summed E-state index contributed by atoms with van der Waals surface area (Å²) >= 11 is 0. The van der Waals surface area contributed by atoms with Crippen molar-refractivity contribution in [3.8, 4) is 0 Å². The number of fused-ring (bicyclic) bond motifs is 1. The lowest BCUT2D eigenvalue weighted by atomic mass is 9.98. The first kappa shape index (κ1) is 14.9. The molecular formula is C16H23NO3. The van der Waals surface area contributed by atoms with E-state index in [1.807, 2.05) is 18.2 Å². The van der Waals surface area contributed by atoms with Crippen LogP contribution in [-0.4, -0.2) is 36.9 Å². The van der Waals surface area contributed by atoms with E-state index >= 15 is 0 Å². The molecule has 0 fully saturated rings. The van der Waals surface area contributed by atoms with Crippen molar-refractivity contribution in [3.05, 3.63) is 29.8 Å². The molecule has 0 saturated heterocycles. The van der Waals surface area contributed by atoms with Crippen LogP contribution in [0.15, 0.2) is 24.3 Å². The highest BCUT2D eigenvalue weighted by Crippen LogP contribution is 2.38. The summed E-state index contributed by atoms with van der Waals surface area (Å²) in [5.41, 5.74) is 2.18. The molecule has 0 radical (unpaired) electrons. The standard InChI is InChI=1S/C16H23NO3/c1-16(2,20-3)8-9-17-11-12(10-15(18)19)13-6-4-5-7-14(13)17/h4-7,12H,8-11H2,1-3H3,(H,18,19). The van der Waals surface area contributed by atoms with Gasteiger partial charge in [-0.2, -0.15) is 0 Å². The molecule has 1 aromatic rings. The number of anilines is 1. The first-order valence-electron chi connectivity index (χ1n) is 7.04. The number of hydrogen-bond donors (Lipinski definition) is 1. The van der Waals surface area contributed by atoms with Gasteiger partial charge >= 0.3 is 5.97 Å². The lowest BCUT2D eigenvalue weighted by Crippen LogP contribution is -2.32. The van der Waals surface area contributed by atoms with Crippen molar-refractivity contribution in [2.45, 2.75) is 38.2 Å². The van der Waals surface area contributed by atoms with Gasteiger partial charge in [0, 0.05) is 31.8 Å². The highest BCUT2D eigenvalue weighted by Gasteiger charge is 2.30. The Morgan fingerprint density at radius 2 is 2.15 bits per heavy atom. The van der Waals surface area contributed by atoms with Crippen molar-refractivity contribution < 1.29 is 14.6 Å². The molecule has 1 aliphatic rings. The minimum Gasteiger partial charge on any atom is -0.481 e. The van der Waals surface area contributed by atoms with E-state index in [2.05, 4.69) is 24.8 Å². The number of carbonyl (C=O) groups is 1. The zero-order valence-corrected chi connectivity index (χ0v) is 12.4. The molecule has 4 nitrogen and oxygen atoms in total. The Morgan fingerprint density at radius 1 is 1.45 bits per heavy atom. The molecule has 1 aromatic carbocycles. The van der Waals surface area contributed by atoms with E-state index in [0.717, 1.165) is 25.1 Å². The predicted octanol–water partition coefficient (Wildman–Crippen LogP) is 2.88. The summed E-state index contributed by atoms with van der Waals surface area (Å²) in [6.45, 7) is 5.81. The van der Waals surface area contributed by atoms with Gasteiger partial charge in [0.15, 0.2) is 0 Å². The summed E-state index contributed by atoms with van der Waals surface area (Å²) in [7, 11) is 1.73. The van der Waals surface area contributed by atoms with Gasteiger partial charge in [0.2, 0.25) is 0 Å². The van der Waals surface area contributed by atoms with E-state index in [0.29, 0.717) is 0 Å². The molecule has 0 bridgehead atoms.